The van der Waals surface area contributed by atoms with Crippen LogP contribution in [0.5, 0.6) is 0 Å². The minimum Gasteiger partial charge on any atom is -0.443 e. The smallest absolute Gasteiger partial charge is 0.264 e. The number of rotatable bonds is 4. The number of carbonyl (C=O) groups excluding carboxylic acids is 1. The first-order chi connectivity index (χ1) is 15.5. The van der Waals surface area contributed by atoms with Crippen molar-refractivity contribution >= 4 is 27.5 Å². The maximum absolute atomic E-state index is 13.6. The van der Waals surface area contributed by atoms with E-state index in [1.807, 2.05) is 30.0 Å². The predicted molar refractivity (Wildman–Crippen MR) is 123 cm³/mol. The van der Waals surface area contributed by atoms with Crippen molar-refractivity contribution in [2.75, 3.05) is 6.54 Å². The van der Waals surface area contributed by atoms with Crippen molar-refractivity contribution in [1.29, 1.82) is 0 Å². The number of benzene rings is 1. The normalized spacial score (nSPS) is 16.6. The zero-order valence-electron chi connectivity index (χ0n) is 18.1. The number of amides is 1. The highest BCUT2D eigenvalue weighted by Crippen LogP contribution is 2.35. The van der Waals surface area contributed by atoms with Gasteiger partial charge in [-0.1, -0.05) is 30.3 Å². The number of carbonyl (C=O) groups is 1. The molecule has 1 fully saturated rings. The number of likely N-dealkylation sites (tertiary alicyclic amines) is 1. The SMILES string of the molecule is Cc1c(C(=O)N2CCCC[C@@H]2c2ncc(Cc3ccccc3)o2)sc2ncn(C)c(=O)c12. The van der Waals surface area contributed by atoms with Gasteiger partial charge in [0.15, 0.2) is 0 Å². The molecular weight excluding hydrogens is 424 g/mol. The Morgan fingerprint density at radius 1 is 1.22 bits per heavy atom. The molecule has 0 N–H and O–H groups in total. The number of aromatic nitrogens is 3. The number of thiophene rings is 1. The van der Waals surface area contributed by atoms with Crippen molar-refractivity contribution in [2.45, 2.75) is 38.6 Å². The minimum absolute atomic E-state index is 0.0833. The van der Waals surface area contributed by atoms with Crippen LogP contribution < -0.4 is 5.56 Å². The zero-order chi connectivity index (χ0) is 22.2. The monoisotopic (exact) mass is 448 g/mol. The molecule has 0 unspecified atom stereocenters. The number of hydrogen-bond donors (Lipinski definition) is 0. The summed E-state index contributed by atoms with van der Waals surface area (Å²) in [4.78, 5) is 38.1. The number of oxazole rings is 1. The van der Waals surface area contributed by atoms with Crippen LogP contribution in [0.1, 0.15) is 57.8 Å². The number of aryl methyl sites for hydroxylation is 2. The number of hydrogen-bond acceptors (Lipinski definition) is 6. The topological polar surface area (TPSA) is 81.2 Å². The summed E-state index contributed by atoms with van der Waals surface area (Å²) in [6, 6.07) is 9.90. The summed E-state index contributed by atoms with van der Waals surface area (Å²) in [5, 5.41) is 0.526. The number of fused-ring (bicyclic) bond motifs is 1. The standard InChI is InChI=1S/C24H24N4O3S/c1-15-19-22(26-14-27(2)23(19)29)32-20(15)24(30)28-11-7-6-10-18(28)21-25-13-17(31-21)12-16-8-4-3-5-9-16/h3-5,8-9,13-14,18H,6-7,10-12H2,1-2H3/t18-/m1/s1. The Balaban J connectivity index is 1.45. The lowest BCUT2D eigenvalue weighted by Crippen LogP contribution is -2.38. The van der Waals surface area contributed by atoms with Crippen LogP contribution in [-0.2, 0) is 13.5 Å². The maximum Gasteiger partial charge on any atom is 0.264 e. The maximum atomic E-state index is 13.6. The van der Waals surface area contributed by atoms with E-state index in [-0.39, 0.29) is 17.5 Å². The van der Waals surface area contributed by atoms with E-state index in [0.29, 0.717) is 39.5 Å². The highest BCUT2D eigenvalue weighted by atomic mass is 32.1. The van der Waals surface area contributed by atoms with E-state index in [4.69, 9.17) is 4.42 Å². The Bertz CT molecular complexity index is 1340. The molecular formula is C24H24N4O3S. The van der Waals surface area contributed by atoms with E-state index in [0.717, 1.165) is 30.6 Å². The van der Waals surface area contributed by atoms with E-state index in [1.54, 1.807) is 13.2 Å². The van der Waals surface area contributed by atoms with Gasteiger partial charge in [-0.15, -0.1) is 11.3 Å². The molecule has 7 nitrogen and oxygen atoms in total. The first-order valence-electron chi connectivity index (χ1n) is 10.8. The van der Waals surface area contributed by atoms with Gasteiger partial charge in [0.05, 0.1) is 22.8 Å². The number of piperidine rings is 1. The summed E-state index contributed by atoms with van der Waals surface area (Å²) < 4.78 is 7.55. The van der Waals surface area contributed by atoms with Crippen LogP contribution in [0.15, 0.2) is 52.1 Å². The molecule has 0 saturated carbocycles. The van der Waals surface area contributed by atoms with Crippen LogP contribution in [-0.4, -0.2) is 31.9 Å². The average Bonchev–Trinajstić information content (AvgIpc) is 3.41. The van der Waals surface area contributed by atoms with Gasteiger partial charge in [-0.2, -0.15) is 0 Å². The predicted octanol–water partition coefficient (Wildman–Crippen LogP) is 4.25. The van der Waals surface area contributed by atoms with Gasteiger partial charge in [-0.05, 0) is 37.3 Å². The van der Waals surface area contributed by atoms with Gasteiger partial charge in [-0.3, -0.25) is 9.59 Å². The molecule has 3 aromatic heterocycles. The van der Waals surface area contributed by atoms with Crippen molar-refractivity contribution in [3.63, 3.8) is 0 Å². The Hall–Kier alpha value is -3.26. The largest absolute Gasteiger partial charge is 0.443 e. The molecule has 1 aliphatic heterocycles. The molecule has 1 aliphatic rings. The second-order valence-corrected chi connectivity index (χ2v) is 9.23. The lowest BCUT2D eigenvalue weighted by molar-refractivity contribution is 0.0574. The lowest BCUT2D eigenvalue weighted by atomic mass is 10.0. The summed E-state index contributed by atoms with van der Waals surface area (Å²) in [6.45, 7) is 2.47. The van der Waals surface area contributed by atoms with E-state index < -0.39 is 0 Å². The summed E-state index contributed by atoms with van der Waals surface area (Å²) in [6.07, 6.45) is 6.68. The molecule has 164 valence electrons. The molecule has 1 saturated heterocycles. The molecule has 1 amide bonds. The summed E-state index contributed by atoms with van der Waals surface area (Å²) in [7, 11) is 1.67. The van der Waals surface area contributed by atoms with Crippen molar-refractivity contribution in [2.24, 2.45) is 7.05 Å². The van der Waals surface area contributed by atoms with Crippen molar-refractivity contribution in [3.05, 3.63) is 80.9 Å². The first-order valence-corrected chi connectivity index (χ1v) is 11.6. The molecule has 4 aromatic rings. The van der Waals surface area contributed by atoms with Crippen LogP contribution in [0, 0.1) is 6.92 Å². The van der Waals surface area contributed by atoms with Crippen LogP contribution in [0.3, 0.4) is 0 Å². The van der Waals surface area contributed by atoms with E-state index in [9.17, 15) is 9.59 Å². The molecule has 4 heterocycles. The van der Waals surface area contributed by atoms with Crippen LogP contribution in [0.25, 0.3) is 10.2 Å². The van der Waals surface area contributed by atoms with Gasteiger partial charge >= 0.3 is 0 Å². The van der Waals surface area contributed by atoms with Gasteiger partial charge in [0, 0.05) is 20.0 Å². The van der Waals surface area contributed by atoms with Gasteiger partial charge < -0.3 is 13.9 Å². The third-order valence-corrected chi connectivity index (χ3v) is 7.23. The molecule has 1 aromatic carbocycles. The second kappa shape index (κ2) is 8.35. The Labute approximate surface area is 189 Å². The zero-order valence-corrected chi connectivity index (χ0v) is 18.9. The molecule has 0 spiro atoms. The lowest BCUT2D eigenvalue weighted by Gasteiger charge is -2.33. The van der Waals surface area contributed by atoms with Crippen molar-refractivity contribution < 1.29 is 9.21 Å². The molecule has 5 rings (SSSR count). The third-order valence-electron chi connectivity index (χ3n) is 6.05. The quantitative estimate of drug-likeness (QED) is 0.466. The van der Waals surface area contributed by atoms with Gasteiger partial charge in [0.1, 0.15) is 16.6 Å². The Morgan fingerprint density at radius 2 is 2.03 bits per heavy atom. The van der Waals surface area contributed by atoms with Gasteiger partial charge in [-0.25, -0.2) is 9.97 Å². The molecule has 0 aliphatic carbocycles. The minimum atomic E-state index is -0.207. The average molecular weight is 449 g/mol. The van der Waals surface area contributed by atoms with Crippen LogP contribution in [0.4, 0.5) is 0 Å². The highest BCUT2D eigenvalue weighted by Gasteiger charge is 2.34. The fourth-order valence-corrected chi connectivity index (χ4v) is 5.43. The molecule has 0 bridgehead atoms. The number of nitrogens with zero attached hydrogens (tertiary/aromatic N) is 4. The first kappa shape index (κ1) is 20.6. The highest BCUT2D eigenvalue weighted by molar-refractivity contribution is 7.20. The summed E-state index contributed by atoms with van der Waals surface area (Å²) >= 11 is 1.29. The summed E-state index contributed by atoms with van der Waals surface area (Å²) in [5.41, 5.74) is 1.73. The van der Waals surface area contributed by atoms with E-state index >= 15 is 0 Å². The van der Waals surface area contributed by atoms with Crippen molar-refractivity contribution in [1.82, 2.24) is 19.4 Å². The summed E-state index contributed by atoms with van der Waals surface area (Å²) in [5.74, 6) is 1.28. The third kappa shape index (κ3) is 3.64. The fraction of sp³-hybridized carbons (Fsp3) is 0.333. The molecule has 1 atom stereocenters. The second-order valence-electron chi connectivity index (χ2n) is 8.23. The Morgan fingerprint density at radius 3 is 2.84 bits per heavy atom. The van der Waals surface area contributed by atoms with Crippen LogP contribution >= 0.6 is 11.3 Å². The molecule has 32 heavy (non-hydrogen) atoms. The molecule has 0 radical (unpaired) electrons. The Kier molecular flexibility index (Phi) is 5.38. The van der Waals surface area contributed by atoms with E-state index in [2.05, 4.69) is 22.1 Å². The van der Waals surface area contributed by atoms with E-state index in [1.165, 1.54) is 22.2 Å². The fourth-order valence-electron chi connectivity index (χ4n) is 4.33. The van der Waals surface area contributed by atoms with Crippen LogP contribution in [0.2, 0.25) is 0 Å². The van der Waals surface area contributed by atoms with Crippen molar-refractivity contribution in [3.8, 4) is 0 Å². The molecule has 8 heteroatoms. The van der Waals surface area contributed by atoms with Gasteiger partial charge in [0.2, 0.25) is 5.89 Å². The van der Waals surface area contributed by atoms with Gasteiger partial charge in [0.25, 0.3) is 11.5 Å².